The number of hydrogen-bond donors (Lipinski definition) is 1. The SMILES string of the molecule is N[C@H]1CCN(c2ccc(I)c(Br)c2)C1. The van der Waals surface area contributed by atoms with Crippen LogP contribution in [0, 0.1) is 3.57 Å². The third-order valence-electron chi connectivity index (χ3n) is 2.49. The van der Waals surface area contributed by atoms with Crippen LogP contribution in [0.15, 0.2) is 22.7 Å². The van der Waals surface area contributed by atoms with E-state index >= 15 is 0 Å². The van der Waals surface area contributed by atoms with Crippen molar-refractivity contribution in [2.24, 2.45) is 5.73 Å². The van der Waals surface area contributed by atoms with E-state index in [1.165, 1.54) is 9.26 Å². The summed E-state index contributed by atoms with van der Waals surface area (Å²) < 4.78 is 2.41. The Labute approximate surface area is 106 Å². The van der Waals surface area contributed by atoms with Gasteiger partial charge in [-0.2, -0.15) is 0 Å². The Balaban J connectivity index is 2.20. The Kier molecular flexibility index (Phi) is 3.34. The molecule has 2 rings (SSSR count). The number of rotatable bonds is 1. The molecule has 1 fully saturated rings. The number of nitrogens with two attached hydrogens (primary N) is 1. The quantitative estimate of drug-likeness (QED) is 0.774. The Morgan fingerprint density at radius 1 is 1.50 bits per heavy atom. The van der Waals surface area contributed by atoms with E-state index in [2.05, 4.69) is 61.6 Å². The fourth-order valence-corrected chi connectivity index (χ4v) is 2.41. The molecule has 1 saturated heterocycles. The van der Waals surface area contributed by atoms with Crippen molar-refractivity contribution in [1.29, 1.82) is 0 Å². The van der Waals surface area contributed by atoms with Crippen molar-refractivity contribution in [3.63, 3.8) is 0 Å². The molecule has 0 unspecified atom stereocenters. The van der Waals surface area contributed by atoms with Gasteiger partial charge in [-0.25, -0.2) is 0 Å². The smallest absolute Gasteiger partial charge is 0.0378 e. The van der Waals surface area contributed by atoms with Gasteiger partial charge in [0.05, 0.1) is 0 Å². The Hall–Kier alpha value is 0.190. The number of anilines is 1. The normalized spacial score (nSPS) is 21.6. The van der Waals surface area contributed by atoms with Gasteiger partial charge in [-0.3, -0.25) is 0 Å². The fourth-order valence-electron chi connectivity index (χ4n) is 1.70. The largest absolute Gasteiger partial charge is 0.370 e. The Bertz CT molecular complexity index is 343. The number of benzene rings is 1. The van der Waals surface area contributed by atoms with Gasteiger partial charge in [-0.15, -0.1) is 0 Å². The highest BCUT2D eigenvalue weighted by atomic mass is 127. The van der Waals surface area contributed by atoms with Crippen LogP contribution in [-0.4, -0.2) is 19.1 Å². The second-order valence-electron chi connectivity index (χ2n) is 3.59. The van der Waals surface area contributed by atoms with Gasteiger partial charge in [-0.05, 0) is 63.1 Å². The summed E-state index contributed by atoms with van der Waals surface area (Å²) in [6.45, 7) is 2.06. The maximum atomic E-state index is 5.88. The lowest BCUT2D eigenvalue weighted by atomic mass is 10.3. The summed E-state index contributed by atoms with van der Waals surface area (Å²) in [6.07, 6.45) is 1.10. The topological polar surface area (TPSA) is 29.3 Å². The van der Waals surface area contributed by atoms with E-state index in [9.17, 15) is 0 Å². The molecule has 1 aliphatic rings. The van der Waals surface area contributed by atoms with Crippen LogP contribution in [0.5, 0.6) is 0 Å². The molecule has 0 saturated carbocycles. The van der Waals surface area contributed by atoms with Crippen LogP contribution in [0.3, 0.4) is 0 Å². The van der Waals surface area contributed by atoms with Crippen molar-refractivity contribution in [3.8, 4) is 0 Å². The van der Waals surface area contributed by atoms with Crippen LogP contribution < -0.4 is 10.6 Å². The van der Waals surface area contributed by atoms with E-state index in [1.807, 2.05) is 0 Å². The summed E-state index contributed by atoms with van der Waals surface area (Å²) in [5, 5.41) is 0. The highest BCUT2D eigenvalue weighted by molar-refractivity contribution is 14.1. The van der Waals surface area contributed by atoms with E-state index < -0.39 is 0 Å². The van der Waals surface area contributed by atoms with Crippen LogP contribution >= 0.6 is 38.5 Å². The van der Waals surface area contributed by atoms with Gasteiger partial charge < -0.3 is 10.6 Å². The molecule has 14 heavy (non-hydrogen) atoms. The van der Waals surface area contributed by atoms with E-state index in [1.54, 1.807) is 0 Å². The zero-order valence-electron chi connectivity index (χ0n) is 7.71. The molecule has 2 nitrogen and oxygen atoms in total. The Morgan fingerprint density at radius 3 is 2.86 bits per heavy atom. The van der Waals surface area contributed by atoms with Gasteiger partial charge in [0.1, 0.15) is 0 Å². The van der Waals surface area contributed by atoms with Crippen LogP contribution in [0.25, 0.3) is 0 Å². The number of nitrogens with zero attached hydrogens (tertiary/aromatic N) is 1. The first-order valence-electron chi connectivity index (χ1n) is 4.62. The van der Waals surface area contributed by atoms with Gasteiger partial charge in [0.15, 0.2) is 0 Å². The molecule has 0 aliphatic carbocycles. The van der Waals surface area contributed by atoms with Crippen LogP contribution in [0.1, 0.15) is 6.42 Å². The van der Waals surface area contributed by atoms with Gasteiger partial charge in [0.25, 0.3) is 0 Å². The molecule has 1 aromatic carbocycles. The Morgan fingerprint density at radius 2 is 2.29 bits per heavy atom. The standard InChI is InChI=1S/C10H12BrIN2/c11-9-5-8(1-2-10(9)12)14-4-3-7(13)6-14/h1-2,5,7H,3-4,6,13H2/t7-/m0/s1. The van der Waals surface area contributed by atoms with Crippen molar-refractivity contribution in [1.82, 2.24) is 0 Å². The minimum atomic E-state index is 0.341. The van der Waals surface area contributed by atoms with Crippen molar-refractivity contribution >= 4 is 44.2 Å². The first kappa shape index (κ1) is 10.7. The average Bonchev–Trinajstić information content (AvgIpc) is 2.57. The van der Waals surface area contributed by atoms with Gasteiger partial charge in [-0.1, -0.05) is 0 Å². The van der Waals surface area contributed by atoms with E-state index in [0.29, 0.717) is 6.04 Å². The van der Waals surface area contributed by atoms with E-state index in [0.717, 1.165) is 24.0 Å². The monoisotopic (exact) mass is 366 g/mol. The summed E-state index contributed by atoms with van der Waals surface area (Å²) in [4.78, 5) is 2.34. The first-order valence-corrected chi connectivity index (χ1v) is 6.49. The lowest BCUT2D eigenvalue weighted by Gasteiger charge is -2.18. The molecule has 1 heterocycles. The minimum Gasteiger partial charge on any atom is -0.370 e. The van der Waals surface area contributed by atoms with E-state index in [4.69, 9.17) is 5.73 Å². The molecular formula is C10H12BrIN2. The lowest BCUT2D eigenvalue weighted by molar-refractivity contribution is 0.752. The van der Waals surface area contributed by atoms with Crippen molar-refractivity contribution in [2.45, 2.75) is 12.5 Å². The third-order valence-corrected chi connectivity index (χ3v) is 4.83. The zero-order valence-corrected chi connectivity index (χ0v) is 11.5. The summed E-state index contributed by atoms with van der Waals surface area (Å²) in [5.74, 6) is 0. The number of hydrogen-bond acceptors (Lipinski definition) is 2. The molecule has 2 N–H and O–H groups in total. The fraction of sp³-hybridized carbons (Fsp3) is 0.400. The van der Waals surface area contributed by atoms with E-state index in [-0.39, 0.29) is 0 Å². The zero-order chi connectivity index (χ0) is 10.1. The number of halogens is 2. The molecular weight excluding hydrogens is 355 g/mol. The molecule has 76 valence electrons. The van der Waals surface area contributed by atoms with Crippen molar-refractivity contribution < 1.29 is 0 Å². The summed E-state index contributed by atoms with van der Waals surface area (Å²) in [7, 11) is 0. The predicted octanol–water partition coefficient (Wildman–Crippen LogP) is 2.59. The molecule has 0 aromatic heterocycles. The molecule has 0 spiro atoms. The molecule has 0 radical (unpaired) electrons. The average molecular weight is 367 g/mol. The maximum absolute atomic E-state index is 5.88. The molecule has 0 amide bonds. The predicted molar refractivity (Wildman–Crippen MR) is 71.7 cm³/mol. The molecule has 1 aliphatic heterocycles. The second kappa shape index (κ2) is 4.37. The molecule has 1 aromatic rings. The highest BCUT2D eigenvalue weighted by Crippen LogP contribution is 2.27. The second-order valence-corrected chi connectivity index (χ2v) is 5.61. The summed E-state index contributed by atoms with van der Waals surface area (Å²) in [6, 6.07) is 6.79. The molecule has 4 heteroatoms. The summed E-state index contributed by atoms with van der Waals surface area (Å²) >= 11 is 5.86. The summed E-state index contributed by atoms with van der Waals surface area (Å²) in [5.41, 5.74) is 7.14. The van der Waals surface area contributed by atoms with Crippen LogP contribution in [0.2, 0.25) is 0 Å². The van der Waals surface area contributed by atoms with Gasteiger partial charge in [0.2, 0.25) is 0 Å². The van der Waals surface area contributed by atoms with Gasteiger partial charge in [0, 0.05) is 32.9 Å². The van der Waals surface area contributed by atoms with Crippen molar-refractivity contribution in [2.75, 3.05) is 18.0 Å². The highest BCUT2D eigenvalue weighted by Gasteiger charge is 2.19. The van der Waals surface area contributed by atoms with Crippen LogP contribution in [-0.2, 0) is 0 Å². The molecule has 0 bridgehead atoms. The third kappa shape index (κ3) is 2.23. The minimum absolute atomic E-state index is 0.341. The molecule has 1 atom stereocenters. The maximum Gasteiger partial charge on any atom is 0.0378 e. The van der Waals surface area contributed by atoms with Crippen LogP contribution in [0.4, 0.5) is 5.69 Å². The first-order chi connectivity index (χ1) is 6.66. The lowest BCUT2D eigenvalue weighted by Crippen LogP contribution is -2.26. The van der Waals surface area contributed by atoms with Gasteiger partial charge >= 0.3 is 0 Å². The van der Waals surface area contributed by atoms with Crippen molar-refractivity contribution in [3.05, 3.63) is 26.2 Å².